The summed E-state index contributed by atoms with van der Waals surface area (Å²) in [6, 6.07) is 11.0. The second-order valence-electron chi connectivity index (χ2n) is 6.12. The molecule has 146 valence electrons. The predicted molar refractivity (Wildman–Crippen MR) is 102 cm³/mol. The summed E-state index contributed by atoms with van der Waals surface area (Å²) in [4.78, 5) is 12.3. The number of benzene rings is 2. The summed E-state index contributed by atoms with van der Waals surface area (Å²) in [5.41, 5.74) is 0.822. The van der Waals surface area contributed by atoms with E-state index < -0.39 is 14.9 Å². The zero-order valence-electron chi connectivity index (χ0n) is 15.2. The molecule has 0 radical (unpaired) electrons. The third-order valence-corrected chi connectivity index (χ3v) is 4.99. The Bertz CT molecular complexity index is 931. The summed E-state index contributed by atoms with van der Waals surface area (Å²) in [6.45, 7) is 0.357. The van der Waals surface area contributed by atoms with Crippen molar-refractivity contribution in [3.05, 3.63) is 58.1 Å². The summed E-state index contributed by atoms with van der Waals surface area (Å²) in [5.74, 6) is 0.711. The Morgan fingerprint density at radius 3 is 2.52 bits per heavy atom. The number of sulfonamides is 1. The molecule has 9 nitrogen and oxygen atoms in total. The van der Waals surface area contributed by atoms with E-state index in [1.165, 1.54) is 12.1 Å². The summed E-state index contributed by atoms with van der Waals surface area (Å²) >= 11 is 0. The molecule has 2 aromatic carbocycles. The number of nitro groups is 1. The number of hydrogen-bond donors (Lipinski definition) is 2. The first-order valence-electron chi connectivity index (χ1n) is 7.99. The molecular weight excluding hydrogens is 372 g/mol. The zero-order chi connectivity index (χ0) is 20.2. The molecule has 0 bridgehead atoms. The monoisotopic (exact) mass is 394 g/mol. The van der Waals surface area contributed by atoms with Gasteiger partial charge in [0.15, 0.2) is 0 Å². The van der Waals surface area contributed by atoms with Crippen molar-refractivity contribution < 1.29 is 18.1 Å². The second-order valence-corrected chi connectivity index (χ2v) is 7.68. The van der Waals surface area contributed by atoms with Gasteiger partial charge < -0.3 is 15.0 Å². The minimum Gasteiger partial charge on any atom is -0.497 e. The molecule has 0 aliphatic rings. The lowest BCUT2D eigenvalue weighted by Crippen LogP contribution is -2.27. The van der Waals surface area contributed by atoms with Crippen LogP contribution < -0.4 is 15.2 Å². The molecule has 3 N–H and O–H groups in total. The highest BCUT2D eigenvalue weighted by Crippen LogP contribution is 2.29. The molecule has 2 aromatic rings. The van der Waals surface area contributed by atoms with Crippen LogP contribution >= 0.6 is 0 Å². The van der Waals surface area contributed by atoms with Crippen LogP contribution in [-0.4, -0.2) is 46.0 Å². The van der Waals surface area contributed by atoms with E-state index in [-0.39, 0.29) is 22.3 Å². The van der Waals surface area contributed by atoms with Gasteiger partial charge in [0.25, 0.3) is 5.69 Å². The number of rotatable bonds is 8. The van der Waals surface area contributed by atoms with Crippen LogP contribution in [0.2, 0.25) is 0 Å². The van der Waals surface area contributed by atoms with Gasteiger partial charge in [-0.25, -0.2) is 13.6 Å². The Hall–Kier alpha value is -2.69. The van der Waals surface area contributed by atoms with E-state index in [0.717, 1.165) is 11.6 Å². The second kappa shape index (κ2) is 8.33. The summed E-state index contributed by atoms with van der Waals surface area (Å²) in [5, 5.41) is 19.4. The lowest BCUT2D eigenvalue weighted by Gasteiger charge is -2.26. The number of nitrogens with two attached hydrogens (primary N) is 1. The lowest BCUT2D eigenvalue weighted by atomic mass is 10.1. The number of primary sulfonamides is 1. The first kappa shape index (κ1) is 20.6. The molecule has 0 saturated heterocycles. The number of anilines is 1. The highest BCUT2D eigenvalue weighted by atomic mass is 32.2. The van der Waals surface area contributed by atoms with Crippen molar-refractivity contribution in [3.8, 4) is 5.75 Å². The lowest BCUT2D eigenvalue weighted by molar-refractivity contribution is -0.384. The molecule has 0 aliphatic heterocycles. The number of nitrogens with one attached hydrogen (secondary N) is 1. The quantitative estimate of drug-likeness (QED) is 0.517. The molecule has 1 atom stereocenters. The van der Waals surface area contributed by atoms with Gasteiger partial charge in [-0.1, -0.05) is 12.1 Å². The van der Waals surface area contributed by atoms with Gasteiger partial charge in [-0.05, 0) is 43.9 Å². The summed E-state index contributed by atoms with van der Waals surface area (Å²) < 4.78 is 28.1. The van der Waals surface area contributed by atoms with Gasteiger partial charge in [-0.3, -0.25) is 10.1 Å². The van der Waals surface area contributed by atoms with Gasteiger partial charge >= 0.3 is 0 Å². The van der Waals surface area contributed by atoms with Gasteiger partial charge in [0, 0.05) is 12.6 Å². The first-order valence-corrected chi connectivity index (χ1v) is 9.53. The van der Waals surface area contributed by atoms with Crippen molar-refractivity contribution in [1.82, 2.24) is 4.90 Å². The van der Waals surface area contributed by atoms with Crippen LogP contribution in [0.15, 0.2) is 47.4 Å². The topological polar surface area (TPSA) is 128 Å². The minimum atomic E-state index is -4.03. The maximum Gasteiger partial charge on any atom is 0.293 e. The summed E-state index contributed by atoms with van der Waals surface area (Å²) in [7, 11) is 1.34. The van der Waals surface area contributed by atoms with Gasteiger partial charge in [0.2, 0.25) is 10.0 Å². The average molecular weight is 394 g/mol. The van der Waals surface area contributed by atoms with Gasteiger partial charge in [-0.15, -0.1) is 0 Å². The molecule has 0 unspecified atom stereocenters. The van der Waals surface area contributed by atoms with Crippen molar-refractivity contribution in [3.63, 3.8) is 0 Å². The van der Waals surface area contributed by atoms with Gasteiger partial charge in [-0.2, -0.15) is 0 Å². The molecule has 0 amide bonds. The van der Waals surface area contributed by atoms with Gasteiger partial charge in [0.1, 0.15) is 11.4 Å². The molecule has 0 saturated carbocycles. The van der Waals surface area contributed by atoms with Crippen LogP contribution in [-0.2, 0) is 10.0 Å². The minimum absolute atomic E-state index is 0.0994. The zero-order valence-corrected chi connectivity index (χ0v) is 16.1. The van der Waals surface area contributed by atoms with E-state index in [0.29, 0.717) is 12.3 Å². The number of nitro benzene ring substituents is 1. The van der Waals surface area contributed by atoms with E-state index in [9.17, 15) is 18.5 Å². The van der Waals surface area contributed by atoms with Crippen LogP contribution in [0.3, 0.4) is 0 Å². The SMILES string of the molecule is COc1cccc([C@@H](CNc2ccc(S(N)(=O)=O)cc2[N+](=O)[O-])N(C)C)c1. The molecule has 27 heavy (non-hydrogen) atoms. The van der Waals surface area contributed by atoms with E-state index in [4.69, 9.17) is 9.88 Å². The van der Waals surface area contributed by atoms with E-state index >= 15 is 0 Å². The fraction of sp³-hybridized carbons (Fsp3) is 0.294. The summed E-state index contributed by atoms with van der Waals surface area (Å²) in [6.07, 6.45) is 0. The van der Waals surface area contributed by atoms with E-state index in [2.05, 4.69) is 5.32 Å². The maximum absolute atomic E-state index is 11.4. The predicted octanol–water partition coefficient (Wildman–Crippen LogP) is 1.97. The van der Waals surface area contributed by atoms with Crippen LogP contribution in [0.25, 0.3) is 0 Å². The van der Waals surface area contributed by atoms with Crippen molar-refractivity contribution in [2.24, 2.45) is 5.14 Å². The largest absolute Gasteiger partial charge is 0.497 e. The molecule has 0 aliphatic carbocycles. The van der Waals surface area contributed by atoms with Crippen molar-refractivity contribution >= 4 is 21.4 Å². The number of methoxy groups -OCH3 is 1. The highest BCUT2D eigenvalue weighted by Gasteiger charge is 2.21. The van der Waals surface area contributed by atoms with Crippen molar-refractivity contribution in [2.45, 2.75) is 10.9 Å². The Balaban J connectivity index is 2.30. The fourth-order valence-electron chi connectivity index (χ4n) is 2.64. The average Bonchev–Trinajstić information content (AvgIpc) is 2.60. The maximum atomic E-state index is 11.4. The molecular formula is C17H22N4O5S. The van der Waals surface area contributed by atoms with Crippen LogP contribution in [0, 0.1) is 10.1 Å². The fourth-order valence-corrected chi connectivity index (χ4v) is 3.18. The van der Waals surface area contributed by atoms with Crippen molar-refractivity contribution in [1.29, 1.82) is 0 Å². The molecule has 0 fully saturated rings. The normalized spacial score (nSPS) is 12.6. The Labute approximate surface area is 157 Å². The third-order valence-electron chi connectivity index (χ3n) is 4.08. The van der Waals surface area contributed by atoms with E-state index in [1.807, 2.05) is 43.3 Å². The highest BCUT2D eigenvalue weighted by molar-refractivity contribution is 7.89. The molecule has 0 aromatic heterocycles. The number of nitrogens with zero attached hydrogens (tertiary/aromatic N) is 2. The third kappa shape index (κ3) is 5.16. The molecule has 10 heteroatoms. The molecule has 2 rings (SSSR count). The molecule has 0 heterocycles. The Kier molecular flexibility index (Phi) is 6.37. The standard InChI is InChI=1S/C17H22N4O5S/c1-20(2)17(12-5-4-6-13(9-12)26-3)11-19-15-8-7-14(27(18,24)25)10-16(15)21(22)23/h4-10,17,19H,11H2,1-3H3,(H2,18,24,25)/t17-/m1/s1. The van der Waals surface area contributed by atoms with Crippen LogP contribution in [0.5, 0.6) is 5.75 Å². The number of likely N-dealkylation sites (N-methyl/N-ethyl adjacent to an activating group) is 1. The smallest absolute Gasteiger partial charge is 0.293 e. The number of ether oxygens (including phenoxy) is 1. The van der Waals surface area contributed by atoms with Crippen molar-refractivity contribution in [2.75, 3.05) is 33.1 Å². The number of hydrogen-bond acceptors (Lipinski definition) is 7. The van der Waals surface area contributed by atoms with Crippen LogP contribution in [0.4, 0.5) is 11.4 Å². The van der Waals surface area contributed by atoms with Gasteiger partial charge in [0.05, 0.1) is 23.0 Å². The van der Waals surface area contributed by atoms with Crippen LogP contribution in [0.1, 0.15) is 11.6 Å². The Morgan fingerprint density at radius 2 is 1.96 bits per heavy atom. The van der Waals surface area contributed by atoms with E-state index in [1.54, 1.807) is 7.11 Å². The molecule has 0 spiro atoms. The Morgan fingerprint density at radius 1 is 1.26 bits per heavy atom. The first-order chi connectivity index (χ1) is 12.6.